The monoisotopic (exact) mass is 186 g/mol. The molecule has 0 aliphatic carbocycles. The lowest BCUT2D eigenvalue weighted by molar-refractivity contribution is -0.142. The maximum Gasteiger partial charge on any atom is 0.0632 e. The summed E-state index contributed by atoms with van der Waals surface area (Å²) < 4.78 is 5.86. The zero-order valence-corrected chi connectivity index (χ0v) is 10.3. The summed E-state index contributed by atoms with van der Waals surface area (Å²) in [5.41, 5.74) is 0.103. The van der Waals surface area contributed by atoms with Gasteiger partial charge in [-0.15, -0.1) is 0 Å². The van der Waals surface area contributed by atoms with E-state index in [1.165, 1.54) is 6.42 Å². The van der Waals surface area contributed by atoms with E-state index in [0.29, 0.717) is 12.0 Å². The van der Waals surface area contributed by atoms with Gasteiger partial charge in [0.05, 0.1) is 11.7 Å². The Hall–Kier alpha value is -0.0400. The largest absolute Gasteiger partial charge is 0.372 e. The summed E-state index contributed by atoms with van der Waals surface area (Å²) in [6.45, 7) is 15.2. The van der Waals surface area contributed by atoms with Crippen molar-refractivity contribution in [2.45, 2.75) is 66.6 Å². The molecule has 3 atom stereocenters. The molecule has 1 rings (SSSR count). The Kier molecular flexibility index (Phi) is 4.98. The first-order valence-electron chi connectivity index (χ1n) is 5.60. The van der Waals surface area contributed by atoms with Crippen molar-refractivity contribution < 1.29 is 4.74 Å². The third-order valence-corrected chi connectivity index (χ3v) is 2.96. The molecule has 0 aromatic heterocycles. The second-order valence-electron chi connectivity index (χ2n) is 4.62. The van der Waals surface area contributed by atoms with Crippen LogP contribution in [0.25, 0.3) is 0 Å². The van der Waals surface area contributed by atoms with Gasteiger partial charge in [0, 0.05) is 0 Å². The van der Waals surface area contributed by atoms with Crippen LogP contribution in [-0.2, 0) is 4.74 Å². The summed E-state index contributed by atoms with van der Waals surface area (Å²) >= 11 is 0. The maximum atomic E-state index is 5.86. The zero-order chi connectivity index (χ0) is 10.6. The third kappa shape index (κ3) is 3.68. The molecule has 1 aliphatic rings. The van der Waals surface area contributed by atoms with Crippen LogP contribution in [0.2, 0.25) is 0 Å². The van der Waals surface area contributed by atoms with E-state index in [9.17, 15) is 0 Å². The van der Waals surface area contributed by atoms with Crippen molar-refractivity contribution in [3.8, 4) is 0 Å². The predicted molar refractivity (Wildman–Crippen MR) is 58.9 cm³/mol. The molecule has 1 saturated heterocycles. The highest BCUT2D eigenvalue weighted by molar-refractivity contribution is 4.83. The van der Waals surface area contributed by atoms with Crippen molar-refractivity contribution in [1.82, 2.24) is 0 Å². The highest BCUT2D eigenvalue weighted by Crippen LogP contribution is 2.35. The molecule has 0 amide bonds. The molecule has 0 saturated carbocycles. The van der Waals surface area contributed by atoms with Gasteiger partial charge >= 0.3 is 0 Å². The van der Waals surface area contributed by atoms with Crippen LogP contribution in [0.15, 0.2) is 0 Å². The van der Waals surface area contributed by atoms with Gasteiger partial charge in [0.25, 0.3) is 0 Å². The molecular weight excluding hydrogens is 160 g/mol. The van der Waals surface area contributed by atoms with Gasteiger partial charge in [0.15, 0.2) is 0 Å². The van der Waals surface area contributed by atoms with Crippen molar-refractivity contribution in [1.29, 1.82) is 0 Å². The molecule has 1 heteroatoms. The minimum atomic E-state index is 0.103. The second-order valence-corrected chi connectivity index (χ2v) is 4.62. The Balaban J connectivity index is 0.000000671. The van der Waals surface area contributed by atoms with Crippen LogP contribution in [0.5, 0.6) is 0 Å². The average molecular weight is 186 g/mol. The van der Waals surface area contributed by atoms with Crippen molar-refractivity contribution in [2.75, 3.05) is 0 Å². The molecular formula is C12H26O. The molecule has 13 heavy (non-hydrogen) atoms. The summed E-state index contributed by atoms with van der Waals surface area (Å²) in [7, 11) is 0. The van der Waals surface area contributed by atoms with Crippen LogP contribution in [0, 0.1) is 11.8 Å². The summed E-state index contributed by atoms with van der Waals surface area (Å²) in [5, 5.41) is 0. The minimum Gasteiger partial charge on any atom is -0.372 e. The lowest BCUT2D eigenvalue weighted by atomic mass is 9.80. The van der Waals surface area contributed by atoms with E-state index in [1.54, 1.807) is 0 Å². The van der Waals surface area contributed by atoms with Gasteiger partial charge in [0.2, 0.25) is 0 Å². The average Bonchev–Trinajstić information content (AvgIpc) is 2.02. The molecule has 0 spiro atoms. The first-order chi connectivity index (χ1) is 5.92. The number of rotatable bonds is 0. The van der Waals surface area contributed by atoms with Crippen LogP contribution >= 0.6 is 0 Å². The van der Waals surface area contributed by atoms with Gasteiger partial charge in [-0.1, -0.05) is 27.7 Å². The van der Waals surface area contributed by atoms with Gasteiger partial charge in [-0.2, -0.15) is 0 Å². The first-order valence-corrected chi connectivity index (χ1v) is 5.60. The van der Waals surface area contributed by atoms with Crippen molar-refractivity contribution in [3.63, 3.8) is 0 Å². The summed E-state index contributed by atoms with van der Waals surface area (Å²) in [6, 6.07) is 0. The topological polar surface area (TPSA) is 9.23 Å². The lowest BCUT2D eigenvalue weighted by Gasteiger charge is -2.42. The molecule has 0 N–H and O–H groups in total. The highest BCUT2D eigenvalue weighted by Gasteiger charge is 2.35. The van der Waals surface area contributed by atoms with Crippen LogP contribution in [0.3, 0.4) is 0 Å². The van der Waals surface area contributed by atoms with E-state index in [1.807, 2.05) is 13.8 Å². The van der Waals surface area contributed by atoms with E-state index in [0.717, 1.165) is 5.92 Å². The Morgan fingerprint density at radius 3 is 1.92 bits per heavy atom. The van der Waals surface area contributed by atoms with E-state index in [-0.39, 0.29) is 5.60 Å². The van der Waals surface area contributed by atoms with Crippen LogP contribution in [-0.4, -0.2) is 11.7 Å². The van der Waals surface area contributed by atoms with E-state index in [4.69, 9.17) is 4.74 Å². The van der Waals surface area contributed by atoms with Gasteiger partial charge in [-0.3, -0.25) is 0 Å². The zero-order valence-electron chi connectivity index (χ0n) is 10.3. The normalized spacial score (nSPS) is 37.6. The minimum absolute atomic E-state index is 0.103. The summed E-state index contributed by atoms with van der Waals surface area (Å²) in [5.74, 6) is 1.51. The smallest absolute Gasteiger partial charge is 0.0632 e. The molecule has 0 aromatic rings. The number of hydrogen-bond acceptors (Lipinski definition) is 1. The number of hydrogen-bond donors (Lipinski definition) is 0. The van der Waals surface area contributed by atoms with E-state index in [2.05, 4.69) is 34.6 Å². The fourth-order valence-corrected chi connectivity index (χ4v) is 2.08. The third-order valence-electron chi connectivity index (χ3n) is 2.96. The van der Waals surface area contributed by atoms with Gasteiger partial charge in [-0.05, 0) is 39.0 Å². The van der Waals surface area contributed by atoms with Crippen LogP contribution in [0.1, 0.15) is 54.9 Å². The molecule has 0 bridgehead atoms. The molecule has 0 radical (unpaired) electrons. The second kappa shape index (κ2) is 4.99. The first kappa shape index (κ1) is 13.0. The molecule has 1 aliphatic heterocycles. The fourth-order valence-electron chi connectivity index (χ4n) is 2.08. The highest BCUT2D eigenvalue weighted by atomic mass is 16.5. The summed E-state index contributed by atoms with van der Waals surface area (Å²) in [6.07, 6.45) is 1.62. The standard InChI is InChI=1S/C10H20O.C2H6/c1-7-6-10(4,5)11-9(3)8(7)2;1-2/h7-9H,6H2,1-5H3;1-2H3/t7-,8+,9-;/m0./s1. The Morgan fingerprint density at radius 1 is 1.08 bits per heavy atom. The van der Waals surface area contributed by atoms with Gasteiger partial charge in [0.1, 0.15) is 0 Å². The van der Waals surface area contributed by atoms with Crippen molar-refractivity contribution >= 4 is 0 Å². The van der Waals surface area contributed by atoms with Gasteiger partial charge < -0.3 is 4.74 Å². The molecule has 1 nitrogen and oxygen atoms in total. The Morgan fingerprint density at radius 2 is 1.54 bits per heavy atom. The van der Waals surface area contributed by atoms with Gasteiger partial charge in [-0.25, -0.2) is 0 Å². The molecule has 1 heterocycles. The Bertz CT molecular complexity index is 126. The number of ether oxygens (including phenoxy) is 1. The van der Waals surface area contributed by atoms with E-state index >= 15 is 0 Å². The fraction of sp³-hybridized carbons (Fsp3) is 1.00. The Labute approximate surface area is 83.9 Å². The predicted octanol–water partition coefficient (Wildman–Crippen LogP) is 3.87. The molecule has 80 valence electrons. The van der Waals surface area contributed by atoms with Crippen molar-refractivity contribution in [2.24, 2.45) is 11.8 Å². The summed E-state index contributed by atoms with van der Waals surface area (Å²) in [4.78, 5) is 0. The quantitative estimate of drug-likeness (QED) is 0.558. The lowest BCUT2D eigenvalue weighted by Crippen LogP contribution is -2.42. The maximum absolute atomic E-state index is 5.86. The molecule has 0 aromatic carbocycles. The SMILES string of the molecule is CC.C[C@H]1[C@H](C)OC(C)(C)C[C@@H]1C. The van der Waals surface area contributed by atoms with Crippen LogP contribution in [0.4, 0.5) is 0 Å². The van der Waals surface area contributed by atoms with E-state index < -0.39 is 0 Å². The van der Waals surface area contributed by atoms with Crippen molar-refractivity contribution in [3.05, 3.63) is 0 Å². The molecule has 0 unspecified atom stereocenters. The molecule has 1 fully saturated rings. The van der Waals surface area contributed by atoms with Crippen LogP contribution < -0.4 is 0 Å².